The molecule has 1 N–H and O–H groups in total. The lowest BCUT2D eigenvalue weighted by molar-refractivity contribution is 0.0517. The minimum absolute atomic E-state index is 0.00524. The maximum absolute atomic E-state index is 15.2. The van der Waals surface area contributed by atoms with E-state index in [4.69, 9.17) is 19.8 Å². The van der Waals surface area contributed by atoms with Crippen LogP contribution in [0.3, 0.4) is 0 Å². The van der Waals surface area contributed by atoms with Crippen LogP contribution in [0.2, 0.25) is 0 Å². The van der Waals surface area contributed by atoms with Crippen molar-refractivity contribution < 1.29 is 23.4 Å². The molecule has 4 saturated heterocycles. The number of piperazine rings is 1. The van der Waals surface area contributed by atoms with Gasteiger partial charge in [0, 0.05) is 80.5 Å². The second-order valence-corrected chi connectivity index (χ2v) is 17.0. The van der Waals surface area contributed by atoms with E-state index >= 15 is 4.39 Å². The standard InChI is InChI=1S/C42H51F2N9O3/c1-3-32-34(44)9-6-26-16-31(54)18-37(38(26)32)49-15-10-33-36(24-49)45-41(56-25-42-11-4-13-52(42)20-27(43)19-42)46-39(33)50-12-5-14-53-30(23-50)17-35(47-53)40(55)51-21-28-7-8-29(22-51)48(28)2/h6,9,16-18,27-29,54H,3-5,7-8,10-15,19-25H2,1-2H3/t27-,28?,29?,42+/m1/s1. The van der Waals surface area contributed by atoms with Crippen molar-refractivity contribution in [3.63, 3.8) is 0 Å². The number of hydrogen-bond acceptors (Lipinski definition) is 10. The molecule has 0 aliphatic carbocycles. The second kappa shape index (κ2) is 13.8. The highest BCUT2D eigenvalue weighted by atomic mass is 19.1. The van der Waals surface area contributed by atoms with Gasteiger partial charge in [-0.15, -0.1) is 0 Å². The molecule has 56 heavy (non-hydrogen) atoms. The van der Waals surface area contributed by atoms with E-state index in [9.17, 15) is 14.3 Å². The summed E-state index contributed by atoms with van der Waals surface area (Å²) in [6.07, 6.45) is 5.70. The summed E-state index contributed by atoms with van der Waals surface area (Å²) in [4.78, 5) is 35.1. The lowest BCUT2D eigenvalue weighted by Crippen LogP contribution is -2.53. The Bertz CT molecular complexity index is 2180. The highest BCUT2D eigenvalue weighted by Crippen LogP contribution is 2.42. The number of aromatic hydroxyl groups is 1. The Labute approximate surface area is 326 Å². The van der Waals surface area contributed by atoms with Crippen LogP contribution in [0.5, 0.6) is 11.8 Å². The molecule has 6 aliphatic rings. The van der Waals surface area contributed by atoms with Crippen LogP contribution in [-0.2, 0) is 32.5 Å². The number of ether oxygens (including phenoxy) is 1. The monoisotopic (exact) mass is 767 g/mol. The summed E-state index contributed by atoms with van der Waals surface area (Å²) in [5.41, 5.74) is 4.36. The molecule has 2 unspecified atom stereocenters. The van der Waals surface area contributed by atoms with Crippen molar-refractivity contribution in [2.45, 2.75) is 102 Å². The van der Waals surface area contributed by atoms with Crippen LogP contribution >= 0.6 is 0 Å². The lowest BCUT2D eigenvalue weighted by Gasteiger charge is -2.38. The second-order valence-electron chi connectivity index (χ2n) is 17.0. The number of phenols is 1. The number of nitrogens with zero attached hydrogens (tertiary/aromatic N) is 9. The average molecular weight is 768 g/mol. The zero-order valence-corrected chi connectivity index (χ0v) is 32.4. The van der Waals surface area contributed by atoms with Gasteiger partial charge in [-0.1, -0.05) is 13.0 Å². The number of rotatable bonds is 7. The van der Waals surface area contributed by atoms with Crippen molar-refractivity contribution in [3.8, 4) is 11.8 Å². The zero-order valence-electron chi connectivity index (χ0n) is 32.4. The molecular weight excluding hydrogens is 717 g/mol. The Hall–Kier alpha value is -4.56. The van der Waals surface area contributed by atoms with Crippen LogP contribution in [0.1, 0.15) is 78.5 Å². The number of aromatic nitrogens is 4. The summed E-state index contributed by atoms with van der Waals surface area (Å²) in [6.45, 7) is 8.05. The summed E-state index contributed by atoms with van der Waals surface area (Å²) < 4.78 is 38.4. The van der Waals surface area contributed by atoms with Gasteiger partial charge in [-0.2, -0.15) is 15.1 Å². The fraction of sp³-hybridized carbons (Fsp3) is 0.571. The third-order valence-electron chi connectivity index (χ3n) is 13.7. The molecule has 2 aromatic carbocycles. The summed E-state index contributed by atoms with van der Waals surface area (Å²) in [7, 11) is 2.17. The number of fused-ring (bicyclic) bond motifs is 6. The van der Waals surface area contributed by atoms with Gasteiger partial charge in [-0.25, -0.2) is 8.78 Å². The van der Waals surface area contributed by atoms with Crippen molar-refractivity contribution >= 4 is 28.2 Å². The van der Waals surface area contributed by atoms with E-state index < -0.39 is 6.17 Å². The molecule has 14 heteroatoms. The number of alkyl halides is 1. The van der Waals surface area contributed by atoms with Crippen LogP contribution in [0.4, 0.5) is 20.3 Å². The summed E-state index contributed by atoms with van der Waals surface area (Å²) >= 11 is 0. The van der Waals surface area contributed by atoms with E-state index in [1.807, 2.05) is 22.6 Å². The van der Waals surface area contributed by atoms with Crippen molar-refractivity contribution in [2.24, 2.45) is 0 Å². The number of likely N-dealkylation sites (tertiary alicyclic amines) is 1. The highest BCUT2D eigenvalue weighted by molar-refractivity contribution is 5.98. The number of anilines is 2. The fourth-order valence-electron chi connectivity index (χ4n) is 10.8. The SMILES string of the molecule is CCc1c(F)ccc2cc(O)cc(N3CCc4c(nc(OC[C@@]56CCCN5C[C@H](F)C6)nc4N4CCCn5nc(C(=O)N6CC7CCC(C6)N7C)cc5C4)C3)c12. The molecule has 1 amide bonds. The van der Waals surface area contributed by atoms with E-state index in [1.165, 1.54) is 6.07 Å². The third-order valence-corrected chi connectivity index (χ3v) is 13.7. The van der Waals surface area contributed by atoms with Gasteiger partial charge in [-0.3, -0.25) is 19.3 Å². The normalized spacial score (nSPS) is 26.4. The van der Waals surface area contributed by atoms with E-state index in [2.05, 4.69) is 26.6 Å². The molecule has 4 fully saturated rings. The van der Waals surface area contributed by atoms with Crippen LogP contribution in [-0.4, -0.2) is 122 Å². The molecule has 8 heterocycles. The van der Waals surface area contributed by atoms with E-state index in [-0.39, 0.29) is 29.0 Å². The highest BCUT2D eigenvalue weighted by Gasteiger charge is 2.49. The first-order valence-corrected chi connectivity index (χ1v) is 20.6. The minimum atomic E-state index is -0.868. The predicted octanol–water partition coefficient (Wildman–Crippen LogP) is 5.08. The van der Waals surface area contributed by atoms with Crippen LogP contribution in [0.25, 0.3) is 10.8 Å². The Balaban J connectivity index is 0.982. The molecule has 0 saturated carbocycles. The summed E-state index contributed by atoms with van der Waals surface area (Å²) in [6, 6.07) is 9.68. The van der Waals surface area contributed by atoms with Gasteiger partial charge in [0.15, 0.2) is 5.69 Å². The van der Waals surface area contributed by atoms with E-state index in [1.54, 1.807) is 18.2 Å². The topological polar surface area (TPSA) is 106 Å². The van der Waals surface area contributed by atoms with Crippen LogP contribution in [0, 0.1) is 5.82 Å². The molecule has 2 bridgehead atoms. The van der Waals surface area contributed by atoms with E-state index in [0.717, 1.165) is 97.5 Å². The van der Waals surface area contributed by atoms with Gasteiger partial charge < -0.3 is 24.5 Å². The number of benzene rings is 2. The first-order valence-electron chi connectivity index (χ1n) is 20.6. The fourth-order valence-corrected chi connectivity index (χ4v) is 10.8. The van der Waals surface area contributed by atoms with E-state index in [0.29, 0.717) is 81.9 Å². The van der Waals surface area contributed by atoms with Gasteiger partial charge in [0.05, 0.1) is 30.0 Å². The number of likely N-dealkylation sites (N-methyl/N-ethyl adjacent to an activating group) is 1. The minimum Gasteiger partial charge on any atom is -0.508 e. The maximum Gasteiger partial charge on any atom is 0.318 e. The van der Waals surface area contributed by atoms with Gasteiger partial charge in [0.1, 0.15) is 30.2 Å². The van der Waals surface area contributed by atoms with Crippen molar-refractivity contribution in [1.29, 1.82) is 0 Å². The number of phenolic OH excluding ortho intramolecular Hbond substituents is 1. The van der Waals surface area contributed by atoms with Crippen molar-refractivity contribution in [3.05, 3.63) is 64.4 Å². The van der Waals surface area contributed by atoms with Gasteiger partial charge >= 0.3 is 6.01 Å². The molecular formula is C42H51F2N9O3. The molecule has 0 spiro atoms. The first-order chi connectivity index (χ1) is 27.2. The summed E-state index contributed by atoms with van der Waals surface area (Å²) in [5.74, 6) is 0.680. The Kier molecular flexibility index (Phi) is 8.84. The zero-order chi connectivity index (χ0) is 38.3. The van der Waals surface area contributed by atoms with Gasteiger partial charge in [0.2, 0.25) is 0 Å². The predicted molar refractivity (Wildman–Crippen MR) is 209 cm³/mol. The van der Waals surface area contributed by atoms with Gasteiger partial charge in [0.25, 0.3) is 5.91 Å². The molecule has 10 rings (SSSR count). The van der Waals surface area contributed by atoms with Crippen molar-refractivity contribution in [1.82, 2.24) is 34.4 Å². The Morgan fingerprint density at radius 1 is 1.00 bits per heavy atom. The number of halogens is 2. The molecule has 6 aliphatic heterocycles. The maximum atomic E-state index is 15.2. The lowest BCUT2D eigenvalue weighted by atomic mass is 9.95. The molecule has 4 aromatic rings. The number of carbonyl (C=O) groups excluding carboxylic acids is 1. The number of amides is 1. The third kappa shape index (κ3) is 6.05. The van der Waals surface area contributed by atoms with Crippen LogP contribution < -0.4 is 14.5 Å². The molecule has 296 valence electrons. The summed E-state index contributed by atoms with van der Waals surface area (Å²) in [5, 5.41) is 17.3. The van der Waals surface area contributed by atoms with Crippen molar-refractivity contribution in [2.75, 3.05) is 62.7 Å². The van der Waals surface area contributed by atoms with Crippen LogP contribution in [0.15, 0.2) is 30.3 Å². The molecule has 2 aromatic heterocycles. The largest absolute Gasteiger partial charge is 0.508 e. The number of hydrogen-bond donors (Lipinski definition) is 1. The quantitative estimate of drug-likeness (QED) is 0.274. The molecule has 4 atom stereocenters. The molecule has 12 nitrogen and oxygen atoms in total. The first kappa shape index (κ1) is 35.8. The Morgan fingerprint density at radius 3 is 2.66 bits per heavy atom. The number of aryl methyl sites for hydroxylation is 2. The smallest absolute Gasteiger partial charge is 0.318 e. The Morgan fingerprint density at radius 2 is 1.84 bits per heavy atom. The molecule has 0 radical (unpaired) electrons. The average Bonchev–Trinajstić information content (AvgIpc) is 3.86. The number of carbonyl (C=O) groups is 1. The van der Waals surface area contributed by atoms with Gasteiger partial charge in [-0.05, 0) is 87.7 Å².